The molecule has 0 bridgehead atoms. The Balaban J connectivity index is 1.58. The molecule has 3 N–H and O–H groups in total. The van der Waals surface area contributed by atoms with Crippen LogP contribution in [0.5, 0.6) is 5.75 Å². The van der Waals surface area contributed by atoms with E-state index in [9.17, 15) is 14.3 Å². The van der Waals surface area contributed by atoms with E-state index in [1.165, 1.54) is 12.1 Å². The molecule has 0 spiro atoms. The number of carbonyl (C=O) groups excluding carboxylic acids is 1. The Hall–Kier alpha value is -2.44. The molecule has 0 radical (unpaired) electrons. The number of β-amino-alcohol motifs (C(OH)–C–C–N with tert-alkyl or cyclic N) is 1. The molecule has 2 aromatic rings. The molecule has 0 saturated carbocycles. The first kappa shape index (κ1) is 16.4. The van der Waals surface area contributed by atoms with Crippen LogP contribution in [0.3, 0.4) is 0 Å². The van der Waals surface area contributed by atoms with Gasteiger partial charge in [0.1, 0.15) is 18.2 Å². The van der Waals surface area contributed by atoms with Gasteiger partial charge < -0.3 is 20.5 Å². The van der Waals surface area contributed by atoms with Gasteiger partial charge in [0.15, 0.2) is 0 Å². The van der Waals surface area contributed by atoms with Crippen LogP contribution in [0.25, 0.3) is 0 Å². The molecule has 5 nitrogen and oxygen atoms in total. The van der Waals surface area contributed by atoms with Crippen LogP contribution < -0.4 is 15.4 Å². The lowest BCUT2D eigenvalue weighted by Gasteiger charge is -2.12. The van der Waals surface area contributed by atoms with Crippen LogP contribution >= 0.6 is 0 Å². The maximum absolute atomic E-state index is 13.1. The van der Waals surface area contributed by atoms with Crippen LogP contribution in [0.1, 0.15) is 12.0 Å². The zero-order valence-electron chi connectivity index (χ0n) is 13.0. The van der Waals surface area contributed by atoms with E-state index in [0.29, 0.717) is 24.4 Å². The second-order valence-corrected chi connectivity index (χ2v) is 5.79. The van der Waals surface area contributed by atoms with Gasteiger partial charge in [-0.25, -0.2) is 4.39 Å². The SMILES string of the molecule is O=C(Nc1cccc(COc2cccc(F)c2)c1)C1CC(O)CN1. The lowest BCUT2D eigenvalue weighted by Crippen LogP contribution is -2.35. The van der Waals surface area contributed by atoms with E-state index >= 15 is 0 Å². The minimum atomic E-state index is -0.480. The van der Waals surface area contributed by atoms with E-state index in [4.69, 9.17) is 4.74 Å². The Morgan fingerprint density at radius 3 is 2.88 bits per heavy atom. The summed E-state index contributed by atoms with van der Waals surface area (Å²) >= 11 is 0. The fourth-order valence-electron chi connectivity index (χ4n) is 2.61. The maximum atomic E-state index is 13.1. The molecule has 0 aliphatic carbocycles. The molecule has 1 amide bonds. The third kappa shape index (κ3) is 4.31. The zero-order chi connectivity index (χ0) is 16.9. The molecular weight excluding hydrogens is 311 g/mol. The highest BCUT2D eigenvalue weighted by Crippen LogP contribution is 2.17. The van der Waals surface area contributed by atoms with Crippen LogP contribution in [0.15, 0.2) is 48.5 Å². The van der Waals surface area contributed by atoms with Gasteiger partial charge in [-0.3, -0.25) is 4.79 Å². The average molecular weight is 330 g/mol. The van der Waals surface area contributed by atoms with E-state index in [2.05, 4.69) is 10.6 Å². The average Bonchev–Trinajstić information content (AvgIpc) is 3.00. The summed E-state index contributed by atoms with van der Waals surface area (Å²) < 4.78 is 18.7. The molecule has 2 atom stereocenters. The lowest BCUT2D eigenvalue weighted by atomic mass is 10.1. The molecular formula is C18H19FN2O3. The lowest BCUT2D eigenvalue weighted by molar-refractivity contribution is -0.117. The molecule has 2 unspecified atom stereocenters. The summed E-state index contributed by atoms with van der Waals surface area (Å²) in [5.74, 6) is -0.0666. The van der Waals surface area contributed by atoms with Crippen molar-refractivity contribution in [2.45, 2.75) is 25.2 Å². The molecule has 1 fully saturated rings. The molecule has 1 aliphatic rings. The number of aliphatic hydroxyl groups excluding tert-OH is 1. The summed E-state index contributed by atoms with van der Waals surface area (Å²) in [6, 6.07) is 12.9. The largest absolute Gasteiger partial charge is 0.489 e. The zero-order valence-corrected chi connectivity index (χ0v) is 13.0. The van der Waals surface area contributed by atoms with Gasteiger partial charge in [0.25, 0.3) is 0 Å². The van der Waals surface area contributed by atoms with E-state index in [1.807, 2.05) is 18.2 Å². The number of hydrogen-bond acceptors (Lipinski definition) is 4. The normalized spacial score (nSPS) is 19.9. The number of anilines is 1. The number of ether oxygens (including phenoxy) is 1. The second-order valence-electron chi connectivity index (χ2n) is 5.79. The van der Waals surface area contributed by atoms with Gasteiger partial charge in [0.05, 0.1) is 12.1 Å². The molecule has 1 saturated heterocycles. The summed E-state index contributed by atoms with van der Waals surface area (Å²) in [4.78, 5) is 12.1. The van der Waals surface area contributed by atoms with Crippen LogP contribution in [-0.4, -0.2) is 29.7 Å². The first-order chi connectivity index (χ1) is 11.6. The standard InChI is InChI=1S/C18H19FN2O3/c19-13-4-2-6-16(8-13)24-11-12-3-1-5-14(7-12)21-18(23)17-9-15(22)10-20-17/h1-8,15,17,20,22H,9-11H2,(H,21,23). The first-order valence-electron chi connectivity index (χ1n) is 7.80. The van der Waals surface area contributed by atoms with E-state index < -0.39 is 6.10 Å². The molecule has 24 heavy (non-hydrogen) atoms. The molecule has 1 aliphatic heterocycles. The van der Waals surface area contributed by atoms with Crippen LogP contribution in [0, 0.1) is 5.82 Å². The number of amides is 1. The second kappa shape index (κ2) is 7.42. The number of rotatable bonds is 5. The highest BCUT2D eigenvalue weighted by atomic mass is 19.1. The molecule has 1 heterocycles. The van der Waals surface area contributed by atoms with Crippen molar-refractivity contribution in [3.05, 3.63) is 59.9 Å². The van der Waals surface area contributed by atoms with Crippen LogP contribution in [0.2, 0.25) is 0 Å². The molecule has 3 rings (SSSR count). The van der Waals surface area contributed by atoms with Crippen molar-refractivity contribution in [2.75, 3.05) is 11.9 Å². The topological polar surface area (TPSA) is 70.6 Å². The predicted molar refractivity (Wildman–Crippen MR) is 88.2 cm³/mol. The number of halogens is 1. The molecule has 6 heteroatoms. The van der Waals surface area contributed by atoms with Crippen molar-refractivity contribution in [2.24, 2.45) is 0 Å². The van der Waals surface area contributed by atoms with Crippen molar-refractivity contribution in [3.63, 3.8) is 0 Å². The predicted octanol–water partition coefficient (Wildman–Crippen LogP) is 2.07. The van der Waals surface area contributed by atoms with Gasteiger partial charge >= 0.3 is 0 Å². The maximum Gasteiger partial charge on any atom is 0.241 e. The Kier molecular flexibility index (Phi) is 5.08. The minimum Gasteiger partial charge on any atom is -0.489 e. The van der Waals surface area contributed by atoms with Gasteiger partial charge in [0, 0.05) is 18.3 Å². The third-order valence-corrected chi connectivity index (χ3v) is 3.82. The molecule has 126 valence electrons. The van der Waals surface area contributed by atoms with Gasteiger partial charge in [-0.1, -0.05) is 18.2 Å². The molecule has 0 aromatic heterocycles. The molecule has 2 aromatic carbocycles. The summed E-state index contributed by atoms with van der Waals surface area (Å²) in [5.41, 5.74) is 1.51. The van der Waals surface area contributed by atoms with Gasteiger partial charge in [-0.05, 0) is 36.2 Å². The Morgan fingerprint density at radius 2 is 2.12 bits per heavy atom. The van der Waals surface area contributed by atoms with Crippen molar-refractivity contribution in [3.8, 4) is 5.75 Å². The van der Waals surface area contributed by atoms with Crippen molar-refractivity contribution in [1.29, 1.82) is 0 Å². The fraction of sp³-hybridized carbons (Fsp3) is 0.278. The monoisotopic (exact) mass is 330 g/mol. The van der Waals surface area contributed by atoms with Crippen molar-refractivity contribution in [1.82, 2.24) is 5.32 Å². The number of aliphatic hydroxyl groups is 1. The minimum absolute atomic E-state index is 0.172. The van der Waals surface area contributed by atoms with E-state index in [0.717, 1.165) is 5.56 Å². The van der Waals surface area contributed by atoms with Crippen molar-refractivity contribution >= 4 is 11.6 Å². The number of hydrogen-bond donors (Lipinski definition) is 3. The fourth-order valence-corrected chi connectivity index (χ4v) is 2.61. The summed E-state index contributed by atoms with van der Waals surface area (Å²) in [5, 5.41) is 15.3. The van der Waals surface area contributed by atoms with E-state index in [-0.39, 0.29) is 24.4 Å². The highest BCUT2D eigenvalue weighted by molar-refractivity contribution is 5.95. The highest BCUT2D eigenvalue weighted by Gasteiger charge is 2.27. The quantitative estimate of drug-likeness (QED) is 0.785. The smallest absolute Gasteiger partial charge is 0.241 e. The summed E-state index contributed by atoms with van der Waals surface area (Å²) in [6.45, 7) is 0.702. The first-order valence-corrected chi connectivity index (χ1v) is 7.80. The number of benzene rings is 2. The Labute approximate surface area is 139 Å². The number of carbonyl (C=O) groups is 1. The van der Waals surface area contributed by atoms with Gasteiger partial charge in [-0.2, -0.15) is 0 Å². The van der Waals surface area contributed by atoms with Crippen LogP contribution in [-0.2, 0) is 11.4 Å². The third-order valence-electron chi connectivity index (χ3n) is 3.82. The summed E-state index contributed by atoms with van der Waals surface area (Å²) in [7, 11) is 0. The Morgan fingerprint density at radius 1 is 1.29 bits per heavy atom. The van der Waals surface area contributed by atoms with Crippen LogP contribution in [0.4, 0.5) is 10.1 Å². The Bertz CT molecular complexity index is 723. The van der Waals surface area contributed by atoms with Gasteiger partial charge in [-0.15, -0.1) is 0 Å². The summed E-state index contributed by atoms with van der Waals surface area (Å²) in [6.07, 6.45) is -0.0689. The van der Waals surface area contributed by atoms with Crippen molar-refractivity contribution < 1.29 is 19.0 Å². The number of nitrogens with one attached hydrogen (secondary N) is 2. The van der Waals surface area contributed by atoms with E-state index in [1.54, 1.807) is 18.2 Å². The van der Waals surface area contributed by atoms with Gasteiger partial charge in [0.2, 0.25) is 5.91 Å².